The lowest BCUT2D eigenvalue weighted by molar-refractivity contribution is -0.141. The summed E-state index contributed by atoms with van der Waals surface area (Å²) < 4.78 is 227. The van der Waals surface area contributed by atoms with E-state index in [-0.39, 0.29) is 71.9 Å². The number of nitrogens with zero attached hydrogens (tertiary/aromatic N) is 20. The van der Waals surface area contributed by atoms with Gasteiger partial charge in [-0.1, -0.05) is 24.3 Å². The SMILES string of the molecule is CC(=NCc1ncc(F)c(N2CCOCC2)n1)c1ccc(Nc2cccc(C(F)(F)F)c2)cn1.CC(C)(Nc1nc(CN=Cc2ccc(Nc3cccc(C(F)(F)F)c3)cn2)ncc1F)C(=O)O.CN(/N=C/c1ccc(Nc2cccc(C(F)(F)F)c2)cn1)c1ncc(F)c(N2CCOCC2)n1.NC(=NCc1ncc(F)c(N2CCOCC2)n1)c1ccc(Nc2cccc(C(F)(F)F)c2)cn1. The maximum absolute atomic E-state index is 14.2. The topological polar surface area (TPSA) is 368 Å². The fourth-order valence-corrected chi connectivity index (χ4v) is 12.4. The first-order chi connectivity index (χ1) is 64.8. The predicted octanol–water partition coefficient (Wildman–Crippen LogP) is 16.9. The van der Waals surface area contributed by atoms with Gasteiger partial charge in [0.05, 0.1) is 176 Å². The number of hydrogen-bond donors (Lipinski definition) is 7. The number of carboxylic acid groups (broad SMARTS) is 1. The third-order valence-electron chi connectivity index (χ3n) is 19.6. The Balaban J connectivity index is 0.000000163. The van der Waals surface area contributed by atoms with Gasteiger partial charge >= 0.3 is 30.7 Å². The molecule has 47 heteroatoms. The molecule has 4 aromatic carbocycles. The number of alkyl halides is 12. The van der Waals surface area contributed by atoms with Crippen LogP contribution in [0, 0.1) is 23.3 Å². The van der Waals surface area contributed by atoms with Crippen LogP contribution in [0.4, 0.5) is 145 Å². The number of aliphatic imine (C=N–C) groups is 3. The number of rotatable bonds is 26. The van der Waals surface area contributed by atoms with Crippen molar-refractivity contribution in [3.8, 4) is 0 Å². The van der Waals surface area contributed by atoms with Gasteiger partial charge in [-0.25, -0.2) is 62.3 Å². The molecule has 3 fully saturated rings. The second kappa shape index (κ2) is 45.4. The molecule has 0 atom stereocenters. The number of hydrogen-bond acceptors (Lipinski definition) is 29. The largest absolute Gasteiger partial charge is 0.480 e. The highest BCUT2D eigenvalue weighted by Gasteiger charge is 2.35. The number of amidine groups is 1. The Kier molecular flexibility index (Phi) is 33.3. The monoisotopic (exact) mass is 1900 g/mol. The standard InChI is InChI=1S/C23H22F4N6O.2C22H21F4N7O.C22H20F4N6O2/c1-15(28-14-21-30-13-19(24)22(32-21)33-7-9-34-10-8-33)20-6-5-18(12-29-20)31-17-4-2-3-16(11-17)23(25,26)27;1-32(21-28-14-19(23)20(31-21)33-7-9-34-10-8-33)29-13-17-5-6-18(12-27-17)30-16-4-2-3-15(11-16)22(24,25)26;23-17-12-29-19(32-21(17)33-6-8-34-9-7-33)13-30-20(27)18-5-4-16(11-28-18)31-15-3-1-2-14(10-15)22(24,25)26;1-21(2,20(33)34)32-19-17(23)11-29-18(31-19)12-27-9-15-6-7-16(10-28-15)30-14-5-3-4-13(8-14)22(24,25)26/h2-6,11-13,31H,7-10,14H2,1H3;2-6,11-14,30H,7-10H2,1H3;1-5,10-12,31H,6-9,13H2,(H2,27,30);3-11,30H,12H2,1-2H3,(H,33,34)(H,29,31,32)/b;29-13+;;. The average molecular weight is 1900 g/mol. The number of carbonyl (C=O) groups is 1. The van der Waals surface area contributed by atoms with Gasteiger partial charge in [0.1, 0.15) is 23.6 Å². The van der Waals surface area contributed by atoms with E-state index in [9.17, 15) is 75.0 Å². The van der Waals surface area contributed by atoms with Crippen molar-refractivity contribution in [2.45, 2.75) is 70.6 Å². The molecule has 0 radical (unpaired) electrons. The molecule has 8 aromatic heterocycles. The molecule has 8 N–H and O–H groups in total. The zero-order chi connectivity index (χ0) is 97.3. The Labute approximate surface area is 765 Å². The number of ether oxygens (including phenoxy) is 3. The van der Waals surface area contributed by atoms with Crippen LogP contribution in [0.5, 0.6) is 0 Å². The van der Waals surface area contributed by atoms with E-state index in [1.807, 2.05) is 4.90 Å². The lowest BCUT2D eigenvalue weighted by Crippen LogP contribution is -2.40. The van der Waals surface area contributed by atoms with E-state index in [4.69, 9.17) is 25.1 Å². The Hall–Kier alpha value is -15.3. The van der Waals surface area contributed by atoms with E-state index in [1.54, 1.807) is 78.4 Å². The second-order valence-electron chi connectivity index (χ2n) is 30.1. The van der Waals surface area contributed by atoms with E-state index >= 15 is 0 Å². The van der Waals surface area contributed by atoms with Crippen molar-refractivity contribution >= 4 is 105 Å². The Bertz CT molecular complexity index is 5960. The number of aromatic nitrogens is 12. The highest BCUT2D eigenvalue weighted by Crippen LogP contribution is 2.37. The van der Waals surface area contributed by atoms with Crippen LogP contribution in [-0.2, 0) is 63.3 Å². The molecule has 3 aliphatic heterocycles. The summed E-state index contributed by atoms with van der Waals surface area (Å²) in [5, 5.41) is 28.8. The molecule has 3 saturated heterocycles. The van der Waals surface area contributed by atoms with E-state index in [0.29, 0.717) is 153 Å². The number of nitrogens with two attached hydrogens (primary N) is 1. The smallest absolute Gasteiger partial charge is 0.416 e. The first kappa shape index (κ1) is 99.7. The minimum atomic E-state index is -4.44. The number of pyridine rings is 4. The summed E-state index contributed by atoms with van der Waals surface area (Å²) in [6.07, 6.45) is -4.67. The number of morpholine rings is 3. The summed E-state index contributed by atoms with van der Waals surface area (Å²) in [6, 6.07) is 32.6. The maximum atomic E-state index is 14.2. The van der Waals surface area contributed by atoms with Gasteiger partial charge in [-0.2, -0.15) is 62.8 Å². The van der Waals surface area contributed by atoms with Gasteiger partial charge in [-0.3, -0.25) is 34.9 Å². The maximum Gasteiger partial charge on any atom is 0.416 e. The van der Waals surface area contributed by atoms with Crippen molar-refractivity contribution in [3.63, 3.8) is 0 Å². The highest BCUT2D eigenvalue weighted by molar-refractivity contribution is 5.97. The van der Waals surface area contributed by atoms with Crippen LogP contribution in [-0.4, -0.2) is 186 Å². The van der Waals surface area contributed by atoms with Crippen molar-refractivity contribution in [3.05, 3.63) is 281 Å². The van der Waals surface area contributed by atoms with E-state index in [2.05, 4.69) is 106 Å². The van der Waals surface area contributed by atoms with Gasteiger partial charge in [0.25, 0.3) is 0 Å². The first-order valence-electron chi connectivity index (χ1n) is 41.1. The molecular formula is C89H84F16N26O5. The summed E-state index contributed by atoms with van der Waals surface area (Å²) in [5.41, 5.74) is 7.26. The van der Waals surface area contributed by atoms with Gasteiger partial charge in [0, 0.05) is 75.3 Å². The van der Waals surface area contributed by atoms with Crippen molar-refractivity contribution in [1.29, 1.82) is 0 Å². The fraction of sp³-hybridized carbons (Fsp3) is 0.270. The zero-order valence-electron chi connectivity index (χ0n) is 72.4. The molecule has 12 aromatic rings. The lowest BCUT2D eigenvalue weighted by atomic mass is 10.1. The summed E-state index contributed by atoms with van der Waals surface area (Å²) in [6.45, 7) is 10.9. The average Bonchev–Trinajstić information content (AvgIpc) is 0.829. The molecular weight excluding hydrogens is 1820 g/mol. The van der Waals surface area contributed by atoms with E-state index in [0.717, 1.165) is 73.3 Å². The van der Waals surface area contributed by atoms with Crippen LogP contribution < -0.4 is 52.0 Å². The molecule has 15 rings (SSSR count). The van der Waals surface area contributed by atoms with Crippen LogP contribution >= 0.6 is 0 Å². The summed E-state index contributed by atoms with van der Waals surface area (Å²) in [7, 11) is 1.62. The normalized spacial score (nSPS) is 14.0. The molecule has 712 valence electrons. The van der Waals surface area contributed by atoms with Gasteiger partial charge < -0.3 is 66.3 Å². The number of hydrazone groups is 1. The third-order valence-corrected chi connectivity index (χ3v) is 19.6. The number of carboxylic acids is 1. The molecule has 0 aliphatic carbocycles. The van der Waals surface area contributed by atoms with Crippen LogP contribution in [0.25, 0.3) is 0 Å². The first-order valence-corrected chi connectivity index (χ1v) is 41.1. The van der Waals surface area contributed by atoms with Gasteiger partial charge in [-0.05, 0) is 142 Å². The Morgan fingerprint density at radius 2 is 0.779 bits per heavy atom. The molecule has 0 spiro atoms. The van der Waals surface area contributed by atoms with E-state index < -0.39 is 81.7 Å². The van der Waals surface area contributed by atoms with Gasteiger partial charge in [0.15, 0.2) is 64.0 Å². The van der Waals surface area contributed by atoms with Crippen LogP contribution in [0.2, 0.25) is 0 Å². The van der Waals surface area contributed by atoms with Crippen molar-refractivity contribution in [1.82, 2.24) is 59.8 Å². The molecule has 31 nitrogen and oxygen atoms in total. The van der Waals surface area contributed by atoms with Crippen LogP contribution in [0.15, 0.2) is 215 Å². The third kappa shape index (κ3) is 29.4. The zero-order valence-corrected chi connectivity index (χ0v) is 72.4. The van der Waals surface area contributed by atoms with Crippen LogP contribution in [0.3, 0.4) is 0 Å². The molecule has 0 amide bonds. The van der Waals surface area contributed by atoms with Gasteiger partial charge in [-0.15, -0.1) is 0 Å². The Morgan fingerprint density at radius 1 is 0.426 bits per heavy atom. The molecule has 136 heavy (non-hydrogen) atoms. The number of nitrogens with one attached hydrogen (secondary N) is 5. The minimum Gasteiger partial charge on any atom is -0.480 e. The number of aliphatic carboxylic acids is 1. The summed E-state index contributed by atoms with van der Waals surface area (Å²) >= 11 is 0. The molecule has 3 aliphatic rings. The summed E-state index contributed by atoms with van der Waals surface area (Å²) in [5.74, 6) is -1.96. The fourth-order valence-electron chi connectivity index (χ4n) is 12.4. The summed E-state index contributed by atoms with van der Waals surface area (Å²) in [4.78, 5) is 79.0. The number of anilines is 13. The molecule has 0 bridgehead atoms. The molecule has 0 saturated carbocycles. The minimum absolute atomic E-state index is 0.0195. The van der Waals surface area contributed by atoms with Crippen molar-refractivity contribution in [2.75, 3.05) is 132 Å². The Morgan fingerprint density at radius 3 is 1.15 bits per heavy atom. The van der Waals surface area contributed by atoms with Crippen LogP contribution in [0.1, 0.15) is 83.3 Å². The van der Waals surface area contributed by atoms with Gasteiger partial charge in [0.2, 0.25) is 5.95 Å². The number of halogens is 16. The highest BCUT2D eigenvalue weighted by atomic mass is 19.4. The second-order valence-corrected chi connectivity index (χ2v) is 30.1. The molecule has 11 heterocycles. The van der Waals surface area contributed by atoms with E-state index in [1.165, 1.54) is 98.5 Å². The number of benzene rings is 4. The van der Waals surface area contributed by atoms with Crippen molar-refractivity contribution < 1.29 is 94.4 Å². The lowest BCUT2D eigenvalue weighted by Gasteiger charge is -2.28. The molecule has 0 unspecified atom stereocenters. The quantitative estimate of drug-likeness (QED) is 0.0115. The van der Waals surface area contributed by atoms with Crippen molar-refractivity contribution in [2.24, 2.45) is 25.8 Å². The predicted molar refractivity (Wildman–Crippen MR) is 476 cm³/mol.